The van der Waals surface area contributed by atoms with Crippen molar-refractivity contribution < 1.29 is 4.79 Å². The zero-order valence-electron chi connectivity index (χ0n) is 16.5. The molecule has 4 rings (SSSR count). The number of nitrogens with zero attached hydrogens (tertiary/aromatic N) is 6. The molecule has 1 unspecified atom stereocenters. The van der Waals surface area contributed by atoms with Crippen LogP contribution in [0.25, 0.3) is 11.4 Å². The summed E-state index contributed by atoms with van der Waals surface area (Å²) in [5.74, 6) is 0.869. The van der Waals surface area contributed by atoms with E-state index >= 15 is 0 Å². The summed E-state index contributed by atoms with van der Waals surface area (Å²) in [6.07, 6.45) is 10.1. The van der Waals surface area contributed by atoms with Gasteiger partial charge < -0.3 is 10.6 Å². The molecule has 3 aromatic heterocycles. The fourth-order valence-electron chi connectivity index (χ4n) is 3.46. The Bertz CT molecular complexity index is 985. The summed E-state index contributed by atoms with van der Waals surface area (Å²) >= 11 is 0. The smallest absolute Gasteiger partial charge is 0.254 e. The number of nitrogens with one attached hydrogen (secondary N) is 2. The van der Waals surface area contributed by atoms with Crippen molar-refractivity contribution >= 4 is 11.9 Å². The molecule has 1 atom stereocenters. The lowest BCUT2D eigenvalue weighted by molar-refractivity contribution is 0.0941. The van der Waals surface area contributed by atoms with Gasteiger partial charge in [-0.25, -0.2) is 9.97 Å². The Hall–Kier alpha value is -3.36. The Morgan fingerprint density at radius 3 is 2.90 bits per heavy atom. The molecule has 0 aromatic carbocycles. The lowest BCUT2D eigenvalue weighted by atomic mass is 9.94. The van der Waals surface area contributed by atoms with Gasteiger partial charge in [-0.2, -0.15) is 5.10 Å². The molecule has 0 aliphatic carbocycles. The summed E-state index contributed by atoms with van der Waals surface area (Å²) in [5, 5.41) is 10.7. The number of aromatic nitrogens is 6. The maximum Gasteiger partial charge on any atom is 0.254 e. The van der Waals surface area contributed by atoms with Crippen LogP contribution in [-0.2, 0) is 13.0 Å². The van der Waals surface area contributed by atoms with Gasteiger partial charge in [0.25, 0.3) is 5.91 Å². The number of rotatable bonds is 6. The normalized spacial score (nSPS) is 15.8. The highest BCUT2D eigenvalue weighted by atomic mass is 16.1. The molecule has 4 heterocycles. The number of aryl methyl sites for hydroxylation is 1. The molecular weight excluding hydrogens is 368 g/mol. The first-order valence-electron chi connectivity index (χ1n) is 9.79. The van der Waals surface area contributed by atoms with Gasteiger partial charge >= 0.3 is 0 Å². The van der Waals surface area contributed by atoms with E-state index in [0.29, 0.717) is 23.1 Å². The van der Waals surface area contributed by atoms with Gasteiger partial charge in [0.05, 0.1) is 29.3 Å². The van der Waals surface area contributed by atoms with Crippen LogP contribution in [0.5, 0.6) is 0 Å². The van der Waals surface area contributed by atoms with Crippen molar-refractivity contribution in [3.8, 4) is 11.4 Å². The Balaban J connectivity index is 1.41. The third-order valence-corrected chi connectivity index (χ3v) is 4.87. The number of carbonyl (C=O) groups excluding carboxylic acids is 1. The summed E-state index contributed by atoms with van der Waals surface area (Å²) in [7, 11) is 0. The maximum atomic E-state index is 12.4. The zero-order valence-corrected chi connectivity index (χ0v) is 16.5. The summed E-state index contributed by atoms with van der Waals surface area (Å²) in [6, 6.07) is 1.91. The Morgan fingerprint density at radius 2 is 2.10 bits per heavy atom. The predicted octanol–water partition coefficient (Wildman–Crippen LogP) is 1.94. The monoisotopic (exact) mass is 392 g/mol. The Morgan fingerprint density at radius 1 is 1.21 bits per heavy atom. The lowest BCUT2D eigenvalue weighted by Crippen LogP contribution is -2.32. The van der Waals surface area contributed by atoms with Crippen molar-refractivity contribution in [2.24, 2.45) is 5.92 Å². The van der Waals surface area contributed by atoms with E-state index in [2.05, 4.69) is 35.7 Å². The van der Waals surface area contributed by atoms with Gasteiger partial charge in [0.15, 0.2) is 0 Å². The molecule has 0 spiro atoms. The Labute approximate surface area is 169 Å². The first-order valence-corrected chi connectivity index (χ1v) is 9.79. The largest absolute Gasteiger partial charge is 0.354 e. The van der Waals surface area contributed by atoms with Crippen LogP contribution < -0.4 is 10.6 Å². The van der Waals surface area contributed by atoms with Gasteiger partial charge in [-0.05, 0) is 38.7 Å². The highest BCUT2D eigenvalue weighted by molar-refractivity contribution is 5.95. The van der Waals surface area contributed by atoms with E-state index in [1.54, 1.807) is 31.0 Å². The van der Waals surface area contributed by atoms with E-state index in [-0.39, 0.29) is 11.9 Å². The van der Waals surface area contributed by atoms with Gasteiger partial charge in [-0.15, -0.1) is 0 Å². The van der Waals surface area contributed by atoms with Crippen LogP contribution in [0.1, 0.15) is 36.3 Å². The highest BCUT2D eigenvalue weighted by Crippen LogP contribution is 2.23. The van der Waals surface area contributed by atoms with Crippen molar-refractivity contribution in [1.82, 2.24) is 35.0 Å². The van der Waals surface area contributed by atoms with Crippen molar-refractivity contribution in [2.75, 3.05) is 11.9 Å². The molecule has 3 aromatic rings. The third-order valence-electron chi connectivity index (χ3n) is 4.87. The maximum absolute atomic E-state index is 12.4. The van der Waals surface area contributed by atoms with Gasteiger partial charge in [-0.3, -0.25) is 19.4 Å². The predicted molar refractivity (Wildman–Crippen MR) is 108 cm³/mol. The average molecular weight is 392 g/mol. The van der Waals surface area contributed by atoms with E-state index in [1.807, 2.05) is 24.6 Å². The standard InChI is InChI=1S/C20H24N8O/c1-13(2)26-19(29)15-11-25-28-8-4-14(9-18(15)28)10-24-20-23-5-3-16(27-20)17-12-21-6-7-22-17/h3,5-7,11-14H,4,8-10H2,1-2H3,(H,26,29)(H,23,24,27). The summed E-state index contributed by atoms with van der Waals surface area (Å²) in [6.45, 7) is 5.43. The minimum Gasteiger partial charge on any atom is -0.354 e. The quantitative estimate of drug-likeness (QED) is 0.659. The molecule has 0 bridgehead atoms. The first kappa shape index (κ1) is 19.0. The molecule has 9 nitrogen and oxygen atoms in total. The second-order valence-electron chi connectivity index (χ2n) is 7.45. The zero-order chi connectivity index (χ0) is 20.2. The average Bonchev–Trinajstić information content (AvgIpc) is 3.16. The van der Waals surface area contributed by atoms with E-state index in [1.165, 1.54) is 0 Å². The van der Waals surface area contributed by atoms with Crippen molar-refractivity contribution in [3.63, 3.8) is 0 Å². The summed E-state index contributed by atoms with van der Waals surface area (Å²) in [5.41, 5.74) is 3.10. The molecule has 0 radical (unpaired) electrons. The molecule has 150 valence electrons. The van der Waals surface area contributed by atoms with Gasteiger partial charge in [0.1, 0.15) is 5.69 Å². The number of amides is 1. The first-order chi connectivity index (χ1) is 14.1. The van der Waals surface area contributed by atoms with E-state index in [9.17, 15) is 4.79 Å². The molecule has 9 heteroatoms. The van der Waals surface area contributed by atoms with Gasteiger partial charge in [0, 0.05) is 37.7 Å². The van der Waals surface area contributed by atoms with Gasteiger partial charge in [-0.1, -0.05) is 0 Å². The number of hydrogen-bond acceptors (Lipinski definition) is 7. The topological polar surface area (TPSA) is 111 Å². The third kappa shape index (κ3) is 4.39. The van der Waals surface area contributed by atoms with Crippen molar-refractivity contribution in [1.29, 1.82) is 0 Å². The minimum absolute atomic E-state index is 0.0603. The van der Waals surface area contributed by atoms with Crippen molar-refractivity contribution in [3.05, 3.63) is 48.3 Å². The highest BCUT2D eigenvalue weighted by Gasteiger charge is 2.25. The molecule has 2 N–H and O–H groups in total. The molecule has 1 amide bonds. The van der Waals surface area contributed by atoms with Crippen LogP contribution in [0, 0.1) is 5.92 Å². The molecule has 1 aliphatic rings. The van der Waals surface area contributed by atoms with Crippen LogP contribution in [-0.4, -0.2) is 48.2 Å². The number of anilines is 1. The summed E-state index contributed by atoms with van der Waals surface area (Å²) in [4.78, 5) is 29.6. The number of fused-ring (bicyclic) bond motifs is 1. The second kappa shape index (κ2) is 8.34. The van der Waals surface area contributed by atoms with E-state index in [4.69, 9.17) is 0 Å². The van der Waals surface area contributed by atoms with Crippen LogP contribution in [0.15, 0.2) is 37.1 Å². The summed E-state index contributed by atoms with van der Waals surface area (Å²) < 4.78 is 1.94. The molecule has 1 aliphatic heterocycles. The lowest BCUT2D eigenvalue weighted by Gasteiger charge is -2.24. The minimum atomic E-state index is -0.0603. The van der Waals surface area contributed by atoms with E-state index in [0.717, 1.165) is 37.3 Å². The van der Waals surface area contributed by atoms with Crippen LogP contribution in [0.4, 0.5) is 5.95 Å². The number of carbonyl (C=O) groups is 1. The molecular formula is C20H24N8O. The fraction of sp³-hybridized carbons (Fsp3) is 0.400. The van der Waals surface area contributed by atoms with Crippen LogP contribution >= 0.6 is 0 Å². The van der Waals surface area contributed by atoms with Crippen molar-refractivity contribution in [2.45, 2.75) is 39.3 Å². The molecule has 0 saturated heterocycles. The van der Waals surface area contributed by atoms with E-state index < -0.39 is 0 Å². The Kier molecular flexibility index (Phi) is 5.46. The van der Waals surface area contributed by atoms with Crippen LogP contribution in [0.2, 0.25) is 0 Å². The van der Waals surface area contributed by atoms with Gasteiger partial charge in [0.2, 0.25) is 5.95 Å². The molecule has 29 heavy (non-hydrogen) atoms. The molecule has 0 fully saturated rings. The molecule has 0 saturated carbocycles. The van der Waals surface area contributed by atoms with Crippen LogP contribution in [0.3, 0.4) is 0 Å². The number of hydrogen-bond donors (Lipinski definition) is 2. The SMILES string of the molecule is CC(C)NC(=O)c1cnn2c1CC(CNc1nccc(-c3cnccn3)n1)CC2. The second-order valence-corrected chi connectivity index (χ2v) is 7.45. The fourth-order valence-corrected chi connectivity index (χ4v) is 3.46.